The summed E-state index contributed by atoms with van der Waals surface area (Å²) in [4.78, 5) is 30.5. The van der Waals surface area contributed by atoms with Crippen molar-refractivity contribution in [2.24, 2.45) is 0 Å². The van der Waals surface area contributed by atoms with Crippen LogP contribution in [0.2, 0.25) is 0 Å². The molecule has 0 atom stereocenters. The van der Waals surface area contributed by atoms with Gasteiger partial charge in [0.05, 0.1) is 39.1 Å². The van der Waals surface area contributed by atoms with E-state index in [-0.39, 0.29) is 17.2 Å². The van der Waals surface area contributed by atoms with E-state index in [4.69, 9.17) is 14.2 Å². The van der Waals surface area contributed by atoms with Gasteiger partial charge in [0.25, 0.3) is 5.56 Å². The molecular formula is C24H23N3O5S2. The molecule has 10 heteroatoms. The fourth-order valence-corrected chi connectivity index (χ4v) is 4.94. The topological polar surface area (TPSA) is 91.7 Å². The standard InChI is InChI=1S/C24H23N3O5S2/c1-30-17-6-4-5-15(11-17)13-27-23(29)22-18(9-10-33-22)26-24(27)34-14-21(28)25-16-7-8-19(31-2)20(12-16)32-3/h4-12H,13-14H2,1-3H3,(H,25,28). The summed E-state index contributed by atoms with van der Waals surface area (Å²) in [5.41, 5.74) is 1.97. The molecule has 0 fully saturated rings. The fraction of sp³-hybridized carbons (Fsp3) is 0.208. The van der Waals surface area contributed by atoms with Crippen molar-refractivity contribution in [3.05, 3.63) is 69.8 Å². The Hall–Kier alpha value is -3.50. The van der Waals surface area contributed by atoms with Crippen molar-refractivity contribution in [2.75, 3.05) is 32.4 Å². The van der Waals surface area contributed by atoms with E-state index in [0.29, 0.717) is 44.9 Å². The molecule has 0 spiro atoms. The van der Waals surface area contributed by atoms with Crippen molar-refractivity contribution in [3.8, 4) is 17.2 Å². The van der Waals surface area contributed by atoms with Crippen LogP contribution in [0.5, 0.6) is 17.2 Å². The van der Waals surface area contributed by atoms with Crippen molar-refractivity contribution in [3.63, 3.8) is 0 Å². The Morgan fingerprint density at radius 3 is 2.65 bits per heavy atom. The van der Waals surface area contributed by atoms with E-state index >= 15 is 0 Å². The average Bonchev–Trinajstić information content (AvgIpc) is 3.33. The molecule has 1 N–H and O–H groups in total. The summed E-state index contributed by atoms with van der Waals surface area (Å²) < 4.78 is 18.0. The summed E-state index contributed by atoms with van der Waals surface area (Å²) in [5.74, 6) is 1.65. The Labute approximate surface area is 204 Å². The Bertz CT molecular complexity index is 1380. The minimum Gasteiger partial charge on any atom is -0.497 e. The number of amides is 1. The number of hydrogen-bond acceptors (Lipinski definition) is 8. The highest BCUT2D eigenvalue weighted by molar-refractivity contribution is 7.99. The van der Waals surface area contributed by atoms with Gasteiger partial charge in [-0.25, -0.2) is 4.98 Å². The molecule has 176 valence electrons. The molecular weight excluding hydrogens is 474 g/mol. The lowest BCUT2D eigenvalue weighted by Crippen LogP contribution is -2.24. The van der Waals surface area contributed by atoms with Crippen LogP contribution in [0.25, 0.3) is 10.2 Å². The first kappa shape index (κ1) is 23.7. The molecule has 0 saturated heterocycles. The van der Waals surface area contributed by atoms with E-state index < -0.39 is 0 Å². The van der Waals surface area contributed by atoms with Gasteiger partial charge in [0, 0.05) is 11.8 Å². The maximum absolute atomic E-state index is 13.2. The highest BCUT2D eigenvalue weighted by atomic mass is 32.2. The highest BCUT2D eigenvalue weighted by Crippen LogP contribution is 2.30. The molecule has 4 aromatic rings. The number of rotatable bonds is 9. The zero-order chi connectivity index (χ0) is 24.1. The van der Waals surface area contributed by atoms with Crippen LogP contribution in [0.1, 0.15) is 5.56 Å². The van der Waals surface area contributed by atoms with Gasteiger partial charge in [-0.1, -0.05) is 23.9 Å². The Balaban J connectivity index is 1.55. The molecule has 34 heavy (non-hydrogen) atoms. The Kier molecular flexibility index (Phi) is 7.39. The number of ether oxygens (including phenoxy) is 3. The summed E-state index contributed by atoms with van der Waals surface area (Å²) in [6, 6.07) is 14.5. The van der Waals surface area contributed by atoms with Crippen LogP contribution in [0, 0.1) is 0 Å². The van der Waals surface area contributed by atoms with Gasteiger partial charge in [-0.3, -0.25) is 14.2 Å². The number of thioether (sulfide) groups is 1. The molecule has 0 saturated carbocycles. The molecule has 2 aromatic heterocycles. The van der Waals surface area contributed by atoms with Crippen LogP contribution in [0.15, 0.2) is 63.9 Å². The summed E-state index contributed by atoms with van der Waals surface area (Å²) in [6.07, 6.45) is 0. The molecule has 2 heterocycles. The second-order valence-corrected chi connectivity index (χ2v) is 9.04. The average molecular weight is 498 g/mol. The third-order valence-corrected chi connectivity index (χ3v) is 6.87. The van der Waals surface area contributed by atoms with Gasteiger partial charge >= 0.3 is 0 Å². The number of hydrogen-bond donors (Lipinski definition) is 1. The number of benzene rings is 2. The predicted molar refractivity (Wildman–Crippen MR) is 135 cm³/mol. The highest BCUT2D eigenvalue weighted by Gasteiger charge is 2.15. The number of nitrogens with one attached hydrogen (secondary N) is 1. The number of aromatic nitrogens is 2. The Morgan fingerprint density at radius 1 is 1.06 bits per heavy atom. The van der Waals surface area contributed by atoms with Gasteiger partial charge in [0.2, 0.25) is 5.91 Å². The lowest BCUT2D eigenvalue weighted by molar-refractivity contribution is -0.113. The maximum atomic E-state index is 13.2. The fourth-order valence-electron chi connectivity index (χ4n) is 3.37. The van der Waals surface area contributed by atoms with Gasteiger partial charge in [0.1, 0.15) is 10.4 Å². The van der Waals surface area contributed by atoms with E-state index in [0.717, 1.165) is 5.56 Å². The van der Waals surface area contributed by atoms with Crippen LogP contribution in [-0.2, 0) is 11.3 Å². The first-order valence-corrected chi connectivity index (χ1v) is 12.1. The number of fused-ring (bicyclic) bond motifs is 1. The first-order chi connectivity index (χ1) is 16.5. The minimum atomic E-state index is -0.232. The zero-order valence-corrected chi connectivity index (χ0v) is 20.5. The molecule has 8 nitrogen and oxygen atoms in total. The molecule has 0 bridgehead atoms. The predicted octanol–water partition coefficient (Wildman–Crippen LogP) is 4.26. The quantitative estimate of drug-likeness (QED) is 0.273. The van der Waals surface area contributed by atoms with E-state index in [1.54, 1.807) is 37.0 Å². The largest absolute Gasteiger partial charge is 0.497 e. The SMILES string of the molecule is COc1cccc(Cn2c(SCC(=O)Nc3ccc(OC)c(OC)c3)nc3ccsc3c2=O)c1. The van der Waals surface area contributed by atoms with Crippen molar-refractivity contribution >= 4 is 44.9 Å². The molecule has 4 rings (SSSR count). The second kappa shape index (κ2) is 10.6. The van der Waals surface area contributed by atoms with Crippen molar-refractivity contribution in [2.45, 2.75) is 11.7 Å². The molecule has 0 aliphatic carbocycles. The summed E-state index contributed by atoms with van der Waals surface area (Å²) >= 11 is 2.57. The Morgan fingerprint density at radius 2 is 1.88 bits per heavy atom. The lowest BCUT2D eigenvalue weighted by Gasteiger charge is -2.13. The molecule has 0 aliphatic heterocycles. The van der Waals surface area contributed by atoms with Crippen molar-refractivity contribution in [1.29, 1.82) is 0 Å². The first-order valence-electron chi connectivity index (χ1n) is 10.3. The van der Waals surface area contributed by atoms with E-state index in [1.165, 1.54) is 30.2 Å². The van der Waals surface area contributed by atoms with Crippen LogP contribution in [0.3, 0.4) is 0 Å². The molecule has 0 aliphatic rings. The summed E-state index contributed by atoms with van der Waals surface area (Å²) in [6.45, 7) is 0.316. The molecule has 1 amide bonds. The van der Waals surface area contributed by atoms with Crippen LogP contribution in [-0.4, -0.2) is 42.5 Å². The maximum Gasteiger partial charge on any atom is 0.272 e. The van der Waals surface area contributed by atoms with Gasteiger partial charge in [-0.05, 0) is 41.3 Å². The number of thiophene rings is 1. The molecule has 0 unspecified atom stereocenters. The van der Waals surface area contributed by atoms with Gasteiger partial charge < -0.3 is 19.5 Å². The zero-order valence-electron chi connectivity index (χ0n) is 18.9. The minimum absolute atomic E-state index is 0.0779. The molecule has 2 aromatic carbocycles. The normalized spacial score (nSPS) is 10.8. The van der Waals surface area contributed by atoms with Crippen LogP contribution in [0.4, 0.5) is 5.69 Å². The van der Waals surface area contributed by atoms with Gasteiger partial charge in [-0.15, -0.1) is 11.3 Å². The molecule has 0 radical (unpaired) electrons. The van der Waals surface area contributed by atoms with Crippen molar-refractivity contribution in [1.82, 2.24) is 9.55 Å². The number of nitrogens with zero attached hydrogens (tertiary/aromatic N) is 2. The van der Waals surface area contributed by atoms with Gasteiger partial charge in [-0.2, -0.15) is 0 Å². The lowest BCUT2D eigenvalue weighted by atomic mass is 10.2. The van der Waals surface area contributed by atoms with Gasteiger partial charge in [0.15, 0.2) is 16.7 Å². The van der Waals surface area contributed by atoms with Crippen LogP contribution < -0.4 is 25.1 Å². The third-order valence-electron chi connectivity index (χ3n) is 5.01. The monoisotopic (exact) mass is 497 g/mol. The van der Waals surface area contributed by atoms with Crippen LogP contribution >= 0.6 is 23.1 Å². The summed E-state index contributed by atoms with van der Waals surface area (Å²) in [5, 5.41) is 5.16. The van der Waals surface area contributed by atoms with E-state index in [2.05, 4.69) is 10.3 Å². The number of methoxy groups -OCH3 is 3. The van der Waals surface area contributed by atoms with E-state index in [9.17, 15) is 9.59 Å². The number of carbonyl (C=O) groups excluding carboxylic acids is 1. The summed E-state index contributed by atoms with van der Waals surface area (Å²) in [7, 11) is 4.69. The second-order valence-electron chi connectivity index (χ2n) is 7.18. The van der Waals surface area contributed by atoms with Crippen molar-refractivity contribution < 1.29 is 19.0 Å². The number of anilines is 1. The number of carbonyl (C=O) groups is 1. The van der Waals surface area contributed by atoms with E-state index in [1.807, 2.05) is 35.7 Å². The third kappa shape index (κ3) is 5.18. The smallest absolute Gasteiger partial charge is 0.272 e.